The molecule has 3 atom stereocenters. The Balaban J connectivity index is 2.04. The number of aryl methyl sites for hydroxylation is 2. The third-order valence-electron chi connectivity index (χ3n) is 3.36. The number of ether oxygens (including phenoxy) is 1. The van der Waals surface area contributed by atoms with Gasteiger partial charge in [-0.3, -0.25) is 0 Å². The quantitative estimate of drug-likeness (QED) is 0.688. The first-order valence-corrected chi connectivity index (χ1v) is 5.79. The van der Waals surface area contributed by atoms with Crippen molar-refractivity contribution in [3.63, 3.8) is 0 Å². The lowest BCUT2D eigenvalue weighted by atomic mass is 9.93. The lowest BCUT2D eigenvalue weighted by Gasteiger charge is -2.11. The molecule has 0 aliphatic carbocycles. The van der Waals surface area contributed by atoms with Crippen LogP contribution in [0.25, 0.3) is 0 Å². The lowest BCUT2D eigenvalue weighted by Crippen LogP contribution is -2.09. The van der Waals surface area contributed by atoms with Crippen LogP contribution in [0.2, 0.25) is 0 Å². The molecule has 1 heterocycles. The Hall–Kier alpha value is -0.820. The van der Waals surface area contributed by atoms with Crippen LogP contribution in [0.1, 0.15) is 30.5 Å². The van der Waals surface area contributed by atoms with E-state index in [0.29, 0.717) is 18.1 Å². The highest BCUT2D eigenvalue weighted by Gasteiger charge is 2.38. The maximum absolute atomic E-state index is 5.51. The Labute approximate surface area is 92.5 Å². The molecule has 1 fully saturated rings. The van der Waals surface area contributed by atoms with Crippen LogP contribution in [-0.2, 0) is 11.2 Å². The van der Waals surface area contributed by atoms with E-state index in [9.17, 15) is 0 Å². The topological polar surface area (TPSA) is 12.5 Å². The van der Waals surface area contributed by atoms with Crippen LogP contribution in [0.3, 0.4) is 0 Å². The molecular weight excluding hydrogens is 184 g/mol. The summed E-state index contributed by atoms with van der Waals surface area (Å²) in [4.78, 5) is 0. The van der Waals surface area contributed by atoms with Crippen LogP contribution in [0.5, 0.6) is 0 Å². The summed E-state index contributed by atoms with van der Waals surface area (Å²) in [5.74, 6) is 0.640. The van der Waals surface area contributed by atoms with Crippen molar-refractivity contribution < 1.29 is 4.74 Å². The molecule has 1 saturated heterocycles. The largest absolute Gasteiger partial charge is 0.370 e. The smallest absolute Gasteiger partial charge is 0.0867 e. The number of benzene rings is 1. The van der Waals surface area contributed by atoms with Crippen molar-refractivity contribution in [2.75, 3.05) is 0 Å². The minimum atomic E-state index is 0.478. The predicted octanol–water partition coefficient (Wildman–Crippen LogP) is 3.27. The molecular formula is C14H20O. The maximum Gasteiger partial charge on any atom is 0.0867 e. The third kappa shape index (κ3) is 2.40. The molecule has 82 valence electrons. The Kier molecular flexibility index (Phi) is 2.83. The number of hydrogen-bond donors (Lipinski definition) is 0. The van der Waals surface area contributed by atoms with Crippen molar-refractivity contribution >= 4 is 0 Å². The van der Waals surface area contributed by atoms with Crippen LogP contribution in [-0.4, -0.2) is 12.2 Å². The SMILES string of the molecule is Cc1ccc(CC(C)C2OC2C)c(C)c1. The molecule has 1 heteroatoms. The zero-order valence-corrected chi connectivity index (χ0v) is 10.1. The van der Waals surface area contributed by atoms with Gasteiger partial charge in [0, 0.05) is 0 Å². The van der Waals surface area contributed by atoms with Crippen molar-refractivity contribution in [1.29, 1.82) is 0 Å². The third-order valence-corrected chi connectivity index (χ3v) is 3.36. The van der Waals surface area contributed by atoms with Gasteiger partial charge in [-0.05, 0) is 44.2 Å². The van der Waals surface area contributed by atoms with E-state index in [1.165, 1.54) is 16.7 Å². The van der Waals surface area contributed by atoms with Gasteiger partial charge in [-0.15, -0.1) is 0 Å². The van der Waals surface area contributed by atoms with E-state index >= 15 is 0 Å². The summed E-state index contributed by atoms with van der Waals surface area (Å²) < 4.78 is 5.51. The van der Waals surface area contributed by atoms with E-state index in [0.717, 1.165) is 6.42 Å². The first-order chi connectivity index (χ1) is 7.08. The molecule has 1 aromatic rings. The molecule has 0 spiro atoms. The summed E-state index contributed by atoms with van der Waals surface area (Å²) in [7, 11) is 0. The first kappa shape index (κ1) is 10.7. The van der Waals surface area contributed by atoms with Gasteiger partial charge in [0.25, 0.3) is 0 Å². The fraction of sp³-hybridized carbons (Fsp3) is 0.571. The van der Waals surface area contributed by atoms with Gasteiger partial charge in [0.2, 0.25) is 0 Å². The van der Waals surface area contributed by atoms with Crippen LogP contribution in [0.15, 0.2) is 18.2 Å². The van der Waals surface area contributed by atoms with Crippen molar-refractivity contribution in [3.05, 3.63) is 34.9 Å². The van der Waals surface area contributed by atoms with Crippen LogP contribution >= 0.6 is 0 Å². The maximum atomic E-state index is 5.51. The molecule has 0 bridgehead atoms. The van der Waals surface area contributed by atoms with E-state index in [4.69, 9.17) is 4.74 Å². The van der Waals surface area contributed by atoms with Crippen molar-refractivity contribution in [2.45, 2.75) is 46.3 Å². The average molecular weight is 204 g/mol. The molecule has 0 radical (unpaired) electrons. The van der Waals surface area contributed by atoms with Gasteiger partial charge in [-0.2, -0.15) is 0 Å². The zero-order chi connectivity index (χ0) is 11.0. The minimum Gasteiger partial charge on any atom is -0.370 e. The predicted molar refractivity (Wildman–Crippen MR) is 63.1 cm³/mol. The fourth-order valence-electron chi connectivity index (χ4n) is 2.34. The molecule has 0 amide bonds. The second-order valence-electron chi connectivity index (χ2n) is 4.92. The molecule has 0 saturated carbocycles. The molecule has 0 aromatic heterocycles. The van der Waals surface area contributed by atoms with Gasteiger partial charge in [-0.1, -0.05) is 30.7 Å². The Morgan fingerprint density at radius 2 is 2.00 bits per heavy atom. The molecule has 1 aromatic carbocycles. The summed E-state index contributed by atoms with van der Waals surface area (Å²) in [6.07, 6.45) is 2.11. The van der Waals surface area contributed by atoms with Crippen molar-refractivity contribution in [3.8, 4) is 0 Å². The molecule has 1 aliphatic heterocycles. The van der Waals surface area contributed by atoms with E-state index < -0.39 is 0 Å². The molecule has 15 heavy (non-hydrogen) atoms. The normalized spacial score (nSPS) is 26.4. The van der Waals surface area contributed by atoms with Crippen molar-refractivity contribution in [1.82, 2.24) is 0 Å². The molecule has 1 nitrogen and oxygen atoms in total. The second kappa shape index (κ2) is 3.97. The molecule has 1 aliphatic rings. The van der Waals surface area contributed by atoms with Gasteiger partial charge in [0.1, 0.15) is 0 Å². The van der Waals surface area contributed by atoms with Gasteiger partial charge in [0.05, 0.1) is 12.2 Å². The number of rotatable bonds is 3. The Morgan fingerprint density at radius 1 is 1.33 bits per heavy atom. The van der Waals surface area contributed by atoms with E-state index in [2.05, 4.69) is 45.9 Å². The van der Waals surface area contributed by atoms with Gasteiger partial charge in [-0.25, -0.2) is 0 Å². The van der Waals surface area contributed by atoms with Gasteiger partial charge >= 0.3 is 0 Å². The Morgan fingerprint density at radius 3 is 2.53 bits per heavy atom. The summed E-state index contributed by atoms with van der Waals surface area (Å²) in [5, 5.41) is 0. The lowest BCUT2D eigenvalue weighted by molar-refractivity contribution is 0.328. The summed E-state index contributed by atoms with van der Waals surface area (Å²) >= 11 is 0. The van der Waals surface area contributed by atoms with Crippen LogP contribution in [0, 0.1) is 19.8 Å². The summed E-state index contributed by atoms with van der Waals surface area (Å²) in [6, 6.07) is 6.72. The first-order valence-electron chi connectivity index (χ1n) is 5.79. The fourth-order valence-corrected chi connectivity index (χ4v) is 2.34. The molecule has 3 unspecified atom stereocenters. The highest BCUT2D eigenvalue weighted by atomic mass is 16.6. The van der Waals surface area contributed by atoms with Gasteiger partial charge in [0.15, 0.2) is 0 Å². The van der Waals surface area contributed by atoms with E-state index in [-0.39, 0.29) is 0 Å². The Bertz CT molecular complexity index is 356. The second-order valence-corrected chi connectivity index (χ2v) is 4.92. The van der Waals surface area contributed by atoms with Crippen molar-refractivity contribution in [2.24, 2.45) is 5.92 Å². The summed E-state index contributed by atoms with van der Waals surface area (Å²) in [5.41, 5.74) is 4.23. The van der Waals surface area contributed by atoms with E-state index in [1.807, 2.05) is 0 Å². The highest BCUT2D eigenvalue weighted by Crippen LogP contribution is 2.31. The molecule has 0 N–H and O–H groups in total. The van der Waals surface area contributed by atoms with Gasteiger partial charge < -0.3 is 4.74 Å². The zero-order valence-electron chi connectivity index (χ0n) is 10.1. The van der Waals surface area contributed by atoms with E-state index in [1.54, 1.807) is 0 Å². The highest BCUT2D eigenvalue weighted by molar-refractivity contribution is 5.30. The summed E-state index contributed by atoms with van der Waals surface area (Å²) in [6.45, 7) is 8.79. The van der Waals surface area contributed by atoms with Crippen LogP contribution in [0.4, 0.5) is 0 Å². The minimum absolute atomic E-state index is 0.478. The average Bonchev–Trinajstić information content (AvgIpc) is 2.88. The monoisotopic (exact) mass is 204 g/mol. The standard InChI is InChI=1S/C14H20O/c1-9-5-6-13(10(2)7-9)8-11(3)14-12(4)15-14/h5-7,11-12,14H,8H2,1-4H3. The number of epoxide rings is 1. The number of hydrogen-bond acceptors (Lipinski definition) is 1. The van der Waals surface area contributed by atoms with Crippen LogP contribution < -0.4 is 0 Å². The molecule has 2 rings (SSSR count).